The lowest BCUT2D eigenvalue weighted by Gasteiger charge is -2.35. The van der Waals surface area contributed by atoms with Gasteiger partial charge in [-0.1, -0.05) is 12.1 Å². The van der Waals surface area contributed by atoms with Gasteiger partial charge in [-0.2, -0.15) is 0 Å². The molecule has 0 saturated carbocycles. The van der Waals surface area contributed by atoms with Crippen LogP contribution in [-0.2, 0) is 4.74 Å². The molecule has 28 heavy (non-hydrogen) atoms. The summed E-state index contributed by atoms with van der Waals surface area (Å²) in [7, 11) is 1.56. The Morgan fingerprint density at radius 3 is 2.61 bits per heavy atom. The molecule has 0 bridgehead atoms. The topological polar surface area (TPSA) is 84.0 Å². The molecule has 1 aliphatic heterocycles. The summed E-state index contributed by atoms with van der Waals surface area (Å²) in [5.41, 5.74) is 1.80. The first-order valence-corrected chi connectivity index (χ1v) is 9.19. The fraction of sp³-hybridized carbons (Fsp3) is 0.350. The molecule has 2 aromatic rings. The summed E-state index contributed by atoms with van der Waals surface area (Å²) < 4.78 is 10.3. The zero-order valence-corrected chi connectivity index (χ0v) is 16.1. The first-order valence-electron chi connectivity index (χ1n) is 9.19. The van der Waals surface area contributed by atoms with Crippen LogP contribution >= 0.6 is 0 Å². The van der Waals surface area contributed by atoms with Crippen molar-refractivity contribution in [1.82, 2.24) is 9.88 Å². The number of hydrogen-bond donors (Lipinski definition) is 1. The van der Waals surface area contributed by atoms with Gasteiger partial charge in [-0.15, -0.1) is 0 Å². The van der Waals surface area contributed by atoms with Gasteiger partial charge < -0.3 is 24.6 Å². The highest BCUT2D eigenvalue weighted by molar-refractivity contribution is 6.04. The number of anilines is 2. The van der Waals surface area contributed by atoms with Gasteiger partial charge in [0, 0.05) is 38.1 Å². The number of aromatic nitrogens is 1. The summed E-state index contributed by atoms with van der Waals surface area (Å²) in [5.74, 6) is 0.276. The molecule has 2 heterocycles. The molecule has 0 atom stereocenters. The second kappa shape index (κ2) is 9.07. The third-order valence-corrected chi connectivity index (χ3v) is 4.50. The highest BCUT2D eigenvalue weighted by Gasteiger charge is 2.22. The van der Waals surface area contributed by atoms with Gasteiger partial charge in [-0.3, -0.25) is 9.78 Å². The first-order chi connectivity index (χ1) is 13.6. The standard InChI is InChI=1S/C20H24N4O4/c1-3-28-20(26)24-12-10-23(11-13-24)15-8-9-21-17(14-15)19(25)22-16-6-4-5-7-18(16)27-2/h4-9,14H,3,10-13H2,1-2H3,(H,22,25). The summed E-state index contributed by atoms with van der Waals surface area (Å²) in [6.07, 6.45) is 1.33. The fourth-order valence-electron chi connectivity index (χ4n) is 3.04. The Hall–Kier alpha value is -3.29. The molecule has 1 aromatic heterocycles. The van der Waals surface area contributed by atoms with Crippen LogP contribution in [0.5, 0.6) is 5.75 Å². The molecule has 8 heteroatoms. The van der Waals surface area contributed by atoms with Crippen LogP contribution in [0, 0.1) is 0 Å². The lowest BCUT2D eigenvalue weighted by Crippen LogP contribution is -2.49. The van der Waals surface area contributed by atoms with Gasteiger partial charge in [0.25, 0.3) is 5.91 Å². The molecule has 148 valence electrons. The molecular formula is C20H24N4O4. The molecule has 1 aliphatic rings. The van der Waals surface area contributed by atoms with Crippen LogP contribution in [0.15, 0.2) is 42.6 Å². The monoisotopic (exact) mass is 384 g/mol. The highest BCUT2D eigenvalue weighted by atomic mass is 16.6. The largest absolute Gasteiger partial charge is 0.495 e. The van der Waals surface area contributed by atoms with Gasteiger partial charge in [0.1, 0.15) is 11.4 Å². The average Bonchev–Trinajstić information content (AvgIpc) is 2.74. The van der Waals surface area contributed by atoms with Crippen LogP contribution in [0.3, 0.4) is 0 Å². The van der Waals surface area contributed by atoms with E-state index in [1.807, 2.05) is 18.2 Å². The predicted octanol–water partition coefficient (Wildman–Crippen LogP) is 2.62. The van der Waals surface area contributed by atoms with Crippen LogP contribution in [0.1, 0.15) is 17.4 Å². The molecule has 0 spiro atoms. The number of carbonyl (C=O) groups excluding carboxylic acids is 2. The summed E-state index contributed by atoms with van der Waals surface area (Å²) in [6.45, 7) is 4.64. The van der Waals surface area contributed by atoms with Crippen LogP contribution < -0.4 is 15.0 Å². The first kappa shape index (κ1) is 19.5. The summed E-state index contributed by atoms with van der Waals surface area (Å²) in [4.78, 5) is 32.4. The van der Waals surface area contributed by atoms with Crippen molar-refractivity contribution in [3.05, 3.63) is 48.3 Å². The number of amides is 2. The molecule has 2 amide bonds. The SMILES string of the molecule is CCOC(=O)N1CCN(c2ccnc(C(=O)Nc3ccccc3OC)c2)CC1. The maximum atomic E-state index is 12.6. The van der Waals surface area contributed by atoms with E-state index < -0.39 is 0 Å². The van der Waals surface area contributed by atoms with Crippen LogP contribution in [0.25, 0.3) is 0 Å². The van der Waals surface area contributed by atoms with E-state index in [4.69, 9.17) is 9.47 Å². The third kappa shape index (κ3) is 4.51. The smallest absolute Gasteiger partial charge is 0.409 e. The number of para-hydroxylation sites is 2. The number of ether oxygens (including phenoxy) is 2. The minimum Gasteiger partial charge on any atom is -0.495 e. The quantitative estimate of drug-likeness (QED) is 0.853. The van der Waals surface area contributed by atoms with Crippen molar-refractivity contribution in [2.75, 3.05) is 50.1 Å². The van der Waals surface area contributed by atoms with E-state index in [0.29, 0.717) is 49.9 Å². The number of rotatable bonds is 5. The maximum Gasteiger partial charge on any atom is 0.409 e. The molecule has 0 radical (unpaired) electrons. The number of nitrogens with one attached hydrogen (secondary N) is 1. The number of hydrogen-bond acceptors (Lipinski definition) is 6. The van der Waals surface area contributed by atoms with E-state index in [1.54, 1.807) is 43.3 Å². The minimum absolute atomic E-state index is 0.284. The Kier molecular flexibility index (Phi) is 6.31. The number of carbonyl (C=O) groups is 2. The van der Waals surface area contributed by atoms with Crippen LogP contribution in [-0.4, -0.2) is 61.8 Å². The van der Waals surface area contributed by atoms with Crippen molar-refractivity contribution >= 4 is 23.4 Å². The Bertz CT molecular complexity index is 834. The third-order valence-electron chi connectivity index (χ3n) is 4.50. The molecule has 1 aromatic carbocycles. The average molecular weight is 384 g/mol. The number of nitrogens with zero attached hydrogens (tertiary/aromatic N) is 3. The molecule has 3 rings (SSSR count). The van der Waals surface area contributed by atoms with Gasteiger partial charge in [0.15, 0.2) is 0 Å². The Morgan fingerprint density at radius 2 is 1.89 bits per heavy atom. The zero-order chi connectivity index (χ0) is 19.9. The van der Waals surface area contributed by atoms with Gasteiger partial charge >= 0.3 is 6.09 Å². The number of methoxy groups -OCH3 is 1. The minimum atomic E-state index is -0.309. The van der Waals surface area contributed by atoms with Crippen LogP contribution in [0.4, 0.5) is 16.2 Å². The number of pyridine rings is 1. The van der Waals surface area contributed by atoms with Gasteiger partial charge in [-0.25, -0.2) is 4.79 Å². The number of benzene rings is 1. The molecule has 1 fully saturated rings. The van der Waals surface area contributed by atoms with Crippen LogP contribution in [0.2, 0.25) is 0 Å². The molecule has 1 N–H and O–H groups in total. The predicted molar refractivity (Wildman–Crippen MR) is 106 cm³/mol. The maximum absolute atomic E-state index is 12.6. The fourth-order valence-corrected chi connectivity index (χ4v) is 3.04. The normalized spacial score (nSPS) is 13.8. The van der Waals surface area contributed by atoms with Crippen molar-refractivity contribution in [1.29, 1.82) is 0 Å². The zero-order valence-electron chi connectivity index (χ0n) is 16.1. The van der Waals surface area contributed by atoms with E-state index >= 15 is 0 Å². The van der Waals surface area contributed by atoms with E-state index in [0.717, 1.165) is 5.69 Å². The highest BCUT2D eigenvalue weighted by Crippen LogP contribution is 2.24. The molecule has 1 saturated heterocycles. The van der Waals surface area contributed by atoms with E-state index in [1.165, 1.54) is 0 Å². The van der Waals surface area contributed by atoms with Crippen molar-refractivity contribution in [3.63, 3.8) is 0 Å². The summed E-state index contributed by atoms with van der Waals surface area (Å²) >= 11 is 0. The van der Waals surface area contributed by atoms with Gasteiger partial charge in [0.05, 0.1) is 19.4 Å². The Labute approximate surface area is 164 Å². The summed E-state index contributed by atoms with van der Waals surface area (Å²) in [6, 6.07) is 10.8. The molecule has 8 nitrogen and oxygen atoms in total. The lowest BCUT2D eigenvalue weighted by molar-refractivity contribution is 0.102. The van der Waals surface area contributed by atoms with E-state index in [9.17, 15) is 9.59 Å². The van der Waals surface area contributed by atoms with Crippen molar-refractivity contribution in [2.24, 2.45) is 0 Å². The van der Waals surface area contributed by atoms with Gasteiger partial charge in [-0.05, 0) is 31.2 Å². The van der Waals surface area contributed by atoms with E-state index in [2.05, 4.69) is 15.2 Å². The second-order valence-corrected chi connectivity index (χ2v) is 6.23. The van der Waals surface area contributed by atoms with E-state index in [-0.39, 0.29) is 12.0 Å². The van der Waals surface area contributed by atoms with Crippen molar-refractivity contribution in [3.8, 4) is 5.75 Å². The molecule has 0 unspecified atom stereocenters. The molecular weight excluding hydrogens is 360 g/mol. The number of piperazine rings is 1. The summed E-state index contributed by atoms with van der Waals surface area (Å²) in [5, 5.41) is 2.83. The molecule has 0 aliphatic carbocycles. The lowest BCUT2D eigenvalue weighted by atomic mass is 10.2. The van der Waals surface area contributed by atoms with Crippen molar-refractivity contribution < 1.29 is 19.1 Å². The Morgan fingerprint density at radius 1 is 1.14 bits per heavy atom. The van der Waals surface area contributed by atoms with Gasteiger partial charge in [0.2, 0.25) is 0 Å². The Balaban J connectivity index is 1.66. The van der Waals surface area contributed by atoms with Crippen molar-refractivity contribution in [2.45, 2.75) is 6.92 Å². The second-order valence-electron chi connectivity index (χ2n) is 6.23.